The summed E-state index contributed by atoms with van der Waals surface area (Å²) in [4.78, 5) is 20.9. The Morgan fingerprint density at radius 2 is 1.88 bits per heavy atom. The normalized spacial score (nSPS) is 11.2. The minimum atomic E-state index is -4.53. The monoisotopic (exact) mass is 463 g/mol. The lowest BCUT2D eigenvalue weighted by Crippen LogP contribution is -2.14. The Bertz CT molecular complexity index is 1460. The third kappa shape index (κ3) is 4.57. The van der Waals surface area contributed by atoms with E-state index in [0.717, 1.165) is 17.7 Å². The van der Waals surface area contributed by atoms with E-state index in [4.69, 9.17) is 5.73 Å². The summed E-state index contributed by atoms with van der Waals surface area (Å²) in [5, 5.41) is 3.31. The molecule has 0 aliphatic heterocycles. The number of nitrogen functional groups attached to an aromatic ring is 1. The fourth-order valence-electron chi connectivity index (χ4n) is 3.49. The summed E-state index contributed by atoms with van der Waals surface area (Å²) in [7, 11) is 0. The van der Waals surface area contributed by atoms with Crippen molar-refractivity contribution >= 4 is 28.4 Å². The molecule has 2 aromatic carbocycles. The third-order valence-electron chi connectivity index (χ3n) is 5.30. The number of nitrogens with one attached hydrogen (secondary N) is 1. The molecule has 0 aliphatic rings. The average Bonchev–Trinajstić information content (AvgIpc) is 3.18. The second-order valence-corrected chi connectivity index (χ2v) is 7.60. The van der Waals surface area contributed by atoms with Crippen LogP contribution in [0.4, 0.5) is 24.7 Å². The van der Waals surface area contributed by atoms with Crippen molar-refractivity contribution in [2.45, 2.75) is 26.6 Å². The molecule has 0 atom stereocenters. The number of carbonyl (C=O) groups excluding carboxylic acids is 1. The van der Waals surface area contributed by atoms with Gasteiger partial charge in [0, 0.05) is 29.6 Å². The highest BCUT2D eigenvalue weighted by molar-refractivity contribution is 6.04. The van der Waals surface area contributed by atoms with Gasteiger partial charge in [-0.25, -0.2) is 9.97 Å². The fraction of sp³-hybridized carbons (Fsp3) is 0.160. The van der Waals surface area contributed by atoms with Crippen LogP contribution in [0, 0.1) is 18.8 Å². The van der Waals surface area contributed by atoms with Crippen molar-refractivity contribution in [1.29, 1.82) is 0 Å². The van der Waals surface area contributed by atoms with Crippen molar-refractivity contribution in [3.05, 3.63) is 82.8 Å². The number of alkyl halides is 3. The topological polar surface area (TPSA) is 85.8 Å². The first kappa shape index (κ1) is 22.9. The van der Waals surface area contributed by atoms with Crippen LogP contribution in [0.5, 0.6) is 0 Å². The van der Waals surface area contributed by atoms with Gasteiger partial charge in [-0.2, -0.15) is 13.2 Å². The number of amides is 1. The molecule has 6 nitrogen and oxygen atoms in total. The smallest absolute Gasteiger partial charge is 0.383 e. The van der Waals surface area contributed by atoms with Gasteiger partial charge in [0.15, 0.2) is 0 Å². The molecule has 9 heteroatoms. The number of aromatic nitrogens is 3. The van der Waals surface area contributed by atoms with Gasteiger partial charge in [-0.3, -0.25) is 4.79 Å². The zero-order chi connectivity index (χ0) is 24.5. The van der Waals surface area contributed by atoms with Crippen molar-refractivity contribution < 1.29 is 18.0 Å². The predicted molar refractivity (Wildman–Crippen MR) is 124 cm³/mol. The SMILES string of the molecule is CCn1cc(C#Cc2cc(NC(=O)c3cccc(C(F)(F)F)c3)ccc2C)c2c(N)ncnc21. The molecular weight excluding hydrogens is 443 g/mol. The Kier molecular flexibility index (Phi) is 5.99. The third-order valence-corrected chi connectivity index (χ3v) is 5.30. The minimum absolute atomic E-state index is 0.0918. The molecule has 0 unspecified atom stereocenters. The molecule has 0 aliphatic carbocycles. The molecule has 34 heavy (non-hydrogen) atoms. The van der Waals surface area contributed by atoms with Gasteiger partial charge in [0.2, 0.25) is 0 Å². The molecule has 0 bridgehead atoms. The van der Waals surface area contributed by atoms with Crippen LogP contribution in [0.2, 0.25) is 0 Å². The number of nitrogens with zero attached hydrogens (tertiary/aromatic N) is 3. The molecule has 0 spiro atoms. The molecule has 0 radical (unpaired) electrons. The Balaban J connectivity index is 1.64. The summed E-state index contributed by atoms with van der Waals surface area (Å²) in [6.45, 7) is 4.54. The molecule has 0 saturated heterocycles. The van der Waals surface area contributed by atoms with Crippen molar-refractivity contribution in [1.82, 2.24) is 14.5 Å². The van der Waals surface area contributed by atoms with Gasteiger partial charge in [-0.05, 0) is 49.7 Å². The van der Waals surface area contributed by atoms with E-state index in [-0.39, 0.29) is 5.56 Å². The highest BCUT2D eigenvalue weighted by atomic mass is 19.4. The average molecular weight is 463 g/mol. The Labute approximate surface area is 193 Å². The number of nitrogens with two attached hydrogens (primary N) is 1. The second-order valence-electron chi connectivity index (χ2n) is 7.60. The zero-order valence-corrected chi connectivity index (χ0v) is 18.4. The molecule has 0 saturated carbocycles. The van der Waals surface area contributed by atoms with E-state index in [0.29, 0.717) is 40.2 Å². The summed E-state index contributed by atoms with van der Waals surface area (Å²) in [5.74, 6) is 5.89. The van der Waals surface area contributed by atoms with E-state index in [2.05, 4.69) is 27.1 Å². The first-order valence-corrected chi connectivity index (χ1v) is 10.4. The van der Waals surface area contributed by atoms with Crippen molar-refractivity contribution in [3.8, 4) is 11.8 Å². The summed E-state index contributed by atoms with van der Waals surface area (Å²) >= 11 is 0. The van der Waals surface area contributed by atoms with E-state index in [1.54, 1.807) is 18.2 Å². The molecule has 1 amide bonds. The number of anilines is 2. The molecule has 0 fully saturated rings. The molecule has 172 valence electrons. The fourth-order valence-corrected chi connectivity index (χ4v) is 3.49. The molecule has 4 aromatic rings. The van der Waals surface area contributed by atoms with E-state index in [1.165, 1.54) is 18.5 Å². The van der Waals surface area contributed by atoms with Crippen LogP contribution in [0.1, 0.15) is 39.5 Å². The highest BCUT2D eigenvalue weighted by Crippen LogP contribution is 2.30. The van der Waals surface area contributed by atoms with Crippen LogP contribution in [-0.2, 0) is 12.7 Å². The van der Waals surface area contributed by atoms with Crippen molar-refractivity contribution in [2.24, 2.45) is 0 Å². The lowest BCUT2D eigenvalue weighted by molar-refractivity contribution is -0.137. The minimum Gasteiger partial charge on any atom is -0.383 e. The predicted octanol–water partition coefficient (Wildman–Crippen LogP) is 5.01. The maximum Gasteiger partial charge on any atom is 0.416 e. The maximum absolute atomic E-state index is 13.0. The van der Waals surface area contributed by atoms with Crippen molar-refractivity contribution in [2.75, 3.05) is 11.1 Å². The van der Waals surface area contributed by atoms with Gasteiger partial charge < -0.3 is 15.6 Å². The summed E-state index contributed by atoms with van der Waals surface area (Å²) in [6.07, 6.45) is -1.27. The van der Waals surface area contributed by atoms with E-state index in [1.807, 2.05) is 24.6 Å². The summed E-state index contributed by atoms with van der Waals surface area (Å²) < 4.78 is 40.8. The number of aryl methyl sites for hydroxylation is 2. The maximum atomic E-state index is 13.0. The number of benzene rings is 2. The first-order valence-electron chi connectivity index (χ1n) is 10.4. The van der Waals surface area contributed by atoms with E-state index < -0.39 is 17.6 Å². The Morgan fingerprint density at radius 3 is 2.62 bits per heavy atom. The van der Waals surface area contributed by atoms with Gasteiger partial charge in [0.1, 0.15) is 17.8 Å². The number of rotatable bonds is 3. The van der Waals surface area contributed by atoms with E-state index >= 15 is 0 Å². The van der Waals surface area contributed by atoms with Crippen LogP contribution >= 0.6 is 0 Å². The number of hydrogen-bond donors (Lipinski definition) is 2. The molecule has 4 rings (SSSR count). The van der Waals surface area contributed by atoms with Gasteiger partial charge in [-0.15, -0.1) is 0 Å². The lowest BCUT2D eigenvalue weighted by Gasteiger charge is -2.10. The first-order chi connectivity index (χ1) is 16.2. The Morgan fingerprint density at radius 1 is 1.12 bits per heavy atom. The lowest BCUT2D eigenvalue weighted by atomic mass is 10.1. The van der Waals surface area contributed by atoms with Crippen LogP contribution in [0.25, 0.3) is 11.0 Å². The quantitative estimate of drug-likeness (QED) is 0.418. The largest absolute Gasteiger partial charge is 0.416 e. The van der Waals surface area contributed by atoms with Gasteiger partial charge in [0.05, 0.1) is 16.5 Å². The second kappa shape index (κ2) is 8.90. The molecule has 3 N–H and O–H groups in total. The molecule has 2 aromatic heterocycles. The number of fused-ring (bicyclic) bond motifs is 1. The van der Waals surface area contributed by atoms with Crippen LogP contribution in [-0.4, -0.2) is 20.4 Å². The number of carbonyl (C=O) groups is 1. The van der Waals surface area contributed by atoms with Crippen LogP contribution in [0.3, 0.4) is 0 Å². The standard InChI is InChI=1S/C25H20F3N5O/c1-3-33-13-18(21-22(29)30-14-31-23(21)33)9-8-16-12-20(10-7-15(16)2)32-24(34)17-5-4-6-19(11-17)25(26,27)28/h4-7,10-14H,3H2,1-2H3,(H,32,34)(H2,29,30,31). The van der Waals surface area contributed by atoms with Gasteiger partial charge >= 0.3 is 6.18 Å². The van der Waals surface area contributed by atoms with Gasteiger partial charge in [-0.1, -0.05) is 24.0 Å². The number of hydrogen-bond acceptors (Lipinski definition) is 4. The highest BCUT2D eigenvalue weighted by Gasteiger charge is 2.30. The van der Waals surface area contributed by atoms with Crippen LogP contribution < -0.4 is 11.1 Å². The number of halogens is 3. The zero-order valence-electron chi connectivity index (χ0n) is 18.4. The summed E-state index contributed by atoms with van der Waals surface area (Å²) in [6, 6.07) is 9.39. The van der Waals surface area contributed by atoms with Crippen LogP contribution in [0.15, 0.2) is 55.0 Å². The van der Waals surface area contributed by atoms with Gasteiger partial charge in [0.25, 0.3) is 5.91 Å². The van der Waals surface area contributed by atoms with E-state index in [9.17, 15) is 18.0 Å². The molecular formula is C25H20F3N5O. The molecule has 2 heterocycles. The van der Waals surface area contributed by atoms with Crippen molar-refractivity contribution in [3.63, 3.8) is 0 Å². The Hall–Kier alpha value is -4.32. The summed E-state index contributed by atoms with van der Waals surface area (Å²) in [5.41, 5.74) is 8.37.